The van der Waals surface area contributed by atoms with Gasteiger partial charge >= 0.3 is 0 Å². The Morgan fingerprint density at radius 3 is 2.11 bits per heavy atom. The van der Waals surface area contributed by atoms with Gasteiger partial charge in [-0.2, -0.15) is 0 Å². The fraction of sp³-hybridized carbons (Fsp3) is 0.235. The van der Waals surface area contributed by atoms with E-state index in [0.29, 0.717) is 12.2 Å². The highest BCUT2D eigenvalue weighted by atomic mass is 16.5. The minimum Gasteiger partial charge on any atom is -0.494 e. The standard InChI is InChI=1S/C17H18O2/c1-4-19-15-10-8-14(9-11-15)17(18)16-12(2)6-5-7-13(16)3/h5-11H,4H2,1-3H3. The van der Waals surface area contributed by atoms with Crippen molar-refractivity contribution in [3.8, 4) is 5.75 Å². The van der Waals surface area contributed by atoms with E-state index in [2.05, 4.69) is 0 Å². The van der Waals surface area contributed by atoms with Gasteiger partial charge in [0.05, 0.1) is 6.61 Å². The van der Waals surface area contributed by atoms with Gasteiger partial charge in [-0.25, -0.2) is 0 Å². The summed E-state index contributed by atoms with van der Waals surface area (Å²) in [4.78, 5) is 12.5. The van der Waals surface area contributed by atoms with E-state index in [1.54, 1.807) is 0 Å². The highest BCUT2D eigenvalue weighted by Gasteiger charge is 2.13. The fourth-order valence-corrected chi connectivity index (χ4v) is 2.19. The molecule has 2 rings (SSSR count). The summed E-state index contributed by atoms with van der Waals surface area (Å²) in [5, 5.41) is 0. The molecule has 2 heteroatoms. The van der Waals surface area contributed by atoms with Gasteiger partial charge in [0.2, 0.25) is 0 Å². The van der Waals surface area contributed by atoms with Gasteiger partial charge in [-0.3, -0.25) is 4.79 Å². The number of ketones is 1. The van der Waals surface area contributed by atoms with Crippen molar-refractivity contribution in [3.63, 3.8) is 0 Å². The lowest BCUT2D eigenvalue weighted by atomic mass is 9.95. The topological polar surface area (TPSA) is 26.3 Å². The molecule has 0 spiro atoms. The van der Waals surface area contributed by atoms with E-state index in [4.69, 9.17) is 4.74 Å². The number of ether oxygens (including phenoxy) is 1. The van der Waals surface area contributed by atoms with Crippen LogP contribution in [0.3, 0.4) is 0 Å². The molecule has 0 aromatic heterocycles. The van der Waals surface area contributed by atoms with Crippen LogP contribution in [0.1, 0.15) is 34.0 Å². The summed E-state index contributed by atoms with van der Waals surface area (Å²) in [6, 6.07) is 13.2. The Hall–Kier alpha value is -2.09. The van der Waals surface area contributed by atoms with Crippen LogP contribution in [0.4, 0.5) is 0 Å². The van der Waals surface area contributed by atoms with Gasteiger partial charge in [0, 0.05) is 11.1 Å². The Bertz CT molecular complexity index is 562. The molecule has 2 nitrogen and oxygen atoms in total. The van der Waals surface area contributed by atoms with Crippen LogP contribution in [0, 0.1) is 13.8 Å². The fourth-order valence-electron chi connectivity index (χ4n) is 2.19. The van der Waals surface area contributed by atoms with Crippen molar-refractivity contribution in [1.82, 2.24) is 0 Å². The lowest BCUT2D eigenvalue weighted by Gasteiger charge is -2.09. The maximum Gasteiger partial charge on any atom is 0.193 e. The van der Waals surface area contributed by atoms with Crippen LogP contribution in [0.2, 0.25) is 0 Å². The molecule has 2 aromatic carbocycles. The summed E-state index contributed by atoms with van der Waals surface area (Å²) in [6.45, 7) is 6.50. The molecule has 0 N–H and O–H groups in total. The van der Waals surface area contributed by atoms with E-state index in [9.17, 15) is 4.79 Å². The Morgan fingerprint density at radius 1 is 1.00 bits per heavy atom. The van der Waals surface area contributed by atoms with E-state index in [0.717, 1.165) is 22.4 Å². The Balaban J connectivity index is 2.34. The van der Waals surface area contributed by atoms with Gasteiger partial charge in [-0.05, 0) is 56.2 Å². The first-order valence-electron chi connectivity index (χ1n) is 6.47. The molecule has 0 amide bonds. The summed E-state index contributed by atoms with van der Waals surface area (Å²) >= 11 is 0. The second-order valence-corrected chi connectivity index (χ2v) is 4.55. The third kappa shape index (κ3) is 2.84. The zero-order chi connectivity index (χ0) is 13.8. The van der Waals surface area contributed by atoms with Gasteiger partial charge < -0.3 is 4.74 Å². The van der Waals surface area contributed by atoms with Crippen LogP contribution in [-0.2, 0) is 0 Å². The number of aryl methyl sites for hydroxylation is 2. The van der Waals surface area contributed by atoms with Gasteiger partial charge in [0.25, 0.3) is 0 Å². The molecule has 0 aliphatic carbocycles. The molecule has 0 unspecified atom stereocenters. The van der Waals surface area contributed by atoms with Crippen molar-refractivity contribution in [1.29, 1.82) is 0 Å². The molecule has 19 heavy (non-hydrogen) atoms. The molecule has 0 bridgehead atoms. The number of benzene rings is 2. The van der Waals surface area contributed by atoms with Gasteiger partial charge in [0.1, 0.15) is 5.75 Å². The van der Waals surface area contributed by atoms with Crippen molar-refractivity contribution in [2.24, 2.45) is 0 Å². The molecular formula is C17H18O2. The van der Waals surface area contributed by atoms with Crippen LogP contribution in [-0.4, -0.2) is 12.4 Å². The number of carbonyl (C=O) groups excluding carboxylic acids is 1. The monoisotopic (exact) mass is 254 g/mol. The maximum absolute atomic E-state index is 12.5. The number of hydrogen-bond acceptors (Lipinski definition) is 2. The van der Waals surface area contributed by atoms with Crippen LogP contribution in [0.5, 0.6) is 5.75 Å². The smallest absolute Gasteiger partial charge is 0.193 e. The molecule has 2 aromatic rings. The van der Waals surface area contributed by atoms with Gasteiger partial charge in [0.15, 0.2) is 5.78 Å². The van der Waals surface area contributed by atoms with Crippen LogP contribution in [0.15, 0.2) is 42.5 Å². The minimum atomic E-state index is 0.0682. The first kappa shape index (κ1) is 13.3. The van der Waals surface area contributed by atoms with Crippen LogP contribution in [0.25, 0.3) is 0 Å². The summed E-state index contributed by atoms with van der Waals surface area (Å²) in [5.41, 5.74) is 3.52. The molecule has 0 radical (unpaired) electrons. The molecule has 0 heterocycles. The highest BCUT2D eigenvalue weighted by Crippen LogP contribution is 2.20. The predicted octanol–water partition coefficient (Wildman–Crippen LogP) is 3.93. The summed E-state index contributed by atoms with van der Waals surface area (Å²) in [6.07, 6.45) is 0. The largest absolute Gasteiger partial charge is 0.494 e. The minimum absolute atomic E-state index is 0.0682. The third-order valence-electron chi connectivity index (χ3n) is 3.14. The molecule has 0 fully saturated rings. The molecule has 0 atom stereocenters. The van der Waals surface area contributed by atoms with E-state index in [1.165, 1.54) is 0 Å². The molecule has 0 aliphatic rings. The summed E-state index contributed by atoms with van der Waals surface area (Å²) < 4.78 is 5.38. The zero-order valence-corrected chi connectivity index (χ0v) is 11.6. The van der Waals surface area contributed by atoms with Crippen molar-refractivity contribution in [2.75, 3.05) is 6.61 Å². The Labute approximate surface area is 114 Å². The van der Waals surface area contributed by atoms with E-state index in [1.807, 2.05) is 63.2 Å². The second kappa shape index (κ2) is 5.70. The highest BCUT2D eigenvalue weighted by molar-refractivity contribution is 6.10. The van der Waals surface area contributed by atoms with E-state index < -0.39 is 0 Å². The average molecular weight is 254 g/mol. The maximum atomic E-state index is 12.5. The summed E-state index contributed by atoms with van der Waals surface area (Å²) in [7, 11) is 0. The first-order valence-corrected chi connectivity index (χ1v) is 6.47. The normalized spacial score (nSPS) is 10.3. The Morgan fingerprint density at radius 2 is 1.58 bits per heavy atom. The summed E-state index contributed by atoms with van der Waals surface area (Å²) in [5.74, 6) is 0.860. The lowest BCUT2D eigenvalue weighted by molar-refractivity contribution is 0.103. The Kier molecular flexibility index (Phi) is 4.00. The van der Waals surface area contributed by atoms with Crippen LogP contribution < -0.4 is 4.74 Å². The third-order valence-corrected chi connectivity index (χ3v) is 3.14. The number of hydrogen-bond donors (Lipinski definition) is 0. The quantitative estimate of drug-likeness (QED) is 0.773. The van der Waals surface area contributed by atoms with Gasteiger partial charge in [-0.1, -0.05) is 18.2 Å². The molecular weight excluding hydrogens is 236 g/mol. The SMILES string of the molecule is CCOc1ccc(C(=O)c2c(C)cccc2C)cc1. The molecule has 0 aliphatic heterocycles. The number of rotatable bonds is 4. The van der Waals surface area contributed by atoms with E-state index in [-0.39, 0.29) is 5.78 Å². The van der Waals surface area contributed by atoms with Crippen LogP contribution >= 0.6 is 0 Å². The first-order chi connectivity index (χ1) is 9.13. The van der Waals surface area contributed by atoms with Crippen molar-refractivity contribution >= 4 is 5.78 Å². The van der Waals surface area contributed by atoms with Gasteiger partial charge in [-0.15, -0.1) is 0 Å². The zero-order valence-electron chi connectivity index (χ0n) is 11.6. The molecule has 0 saturated heterocycles. The van der Waals surface area contributed by atoms with Crippen molar-refractivity contribution in [2.45, 2.75) is 20.8 Å². The molecule has 98 valence electrons. The van der Waals surface area contributed by atoms with E-state index >= 15 is 0 Å². The second-order valence-electron chi connectivity index (χ2n) is 4.55. The average Bonchev–Trinajstić information content (AvgIpc) is 2.39. The predicted molar refractivity (Wildman–Crippen MR) is 77.0 cm³/mol. The van der Waals surface area contributed by atoms with Crippen molar-refractivity contribution in [3.05, 3.63) is 64.7 Å². The number of carbonyl (C=O) groups is 1. The van der Waals surface area contributed by atoms with Crippen molar-refractivity contribution < 1.29 is 9.53 Å². The molecule has 0 saturated carbocycles. The lowest BCUT2D eigenvalue weighted by Crippen LogP contribution is -2.06.